The Labute approximate surface area is 184 Å². The molecular weight excluding hydrogens is 450 g/mol. The molecule has 33 heavy (non-hydrogen) atoms. The summed E-state index contributed by atoms with van der Waals surface area (Å²) in [5.74, 6) is 0.568. The van der Waals surface area contributed by atoms with Gasteiger partial charge in [-0.2, -0.15) is 31.4 Å². The molecule has 1 atom stereocenters. The van der Waals surface area contributed by atoms with Crippen LogP contribution in [0.15, 0.2) is 60.6 Å². The number of benzene rings is 1. The fraction of sp³-hybridized carbons (Fsp3) is 0.273. The number of hydrogen-bond donors (Lipinski definition) is 0. The predicted molar refractivity (Wildman–Crippen MR) is 108 cm³/mol. The monoisotopic (exact) mass is 468 g/mol. The third-order valence-electron chi connectivity index (χ3n) is 5.28. The van der Waals surface area contributed by atoms with Crippen molar-refractivity contribution in [2.75, 3.05) is 11.6 Å². The molecule has 1 aliphatic rings. The molecular formula is C22H18F6N4O. The Bertz CT molecular complexity index is 1180. The first kappa shape index (κ1) is 22.7. The average molecular weight is 468 g/mol. The van der Waals surface area contributed by atoms with Crippen LogP contribution in [0.2, 0.25) is 0 Å². The van der Waals surface area contributed by atoms with Crippen LogP contribution in [0.4, 0.5) is 32.0 Å². The van der Waals surface area contributed by atoms with Crippen molar-refractivity contribution in [1.82, 2.24) is 14.8 Å². The number of rotatable bonds is 4. The van der Waals surface area contributed by atoms with Gasteiger partial charge in [0.05, 0.1) is 36.1 Å². The maximum Gasteiger partial charge on any atom is 0.416 e. The van der Waals surface area contributed by atoms with Gasteiger partial charge < -0.3 is 4.84 Å². The van der Waals surface area contributed by atoms with Crippen molar-refractivity contribution < 1.29 is 31.2 Å². The molecule has 0 fully saturated rings. The van der Waals surface area contributed by atoms with Crippen LogP contribution in [0, 0.1) is 0 Å². The van der Waals surface area contributed by atoms with Crippen LogP contribution in [-0.2, 0) is 17.2 Å². The van der Waals surface area contributed by atoms with E-state index in [1.807, 2.05) is 13.0 Å². The maximum atomic E-state index is 13.6. The van der Waals surface area contributed by atoms with Crippen molar-refractivity contribution in [1.29, 1.82) is 0 Å². The first-order chi connectivity index (χ1) is 15.4. The van der Waals surface area contributed by atoms with Gasteiger partial charge in [0.1, 0.15) is 11.4 Å². The van der Waals surface area contributed by atoms with Crippen molar-refractivity contribution >= 4 is 11.4 Å². The SMILES string of the molecule is CC1=C(c2ccccn2)ON(c2cnn(C(C)c3ccc(C(F)(F)F)cc3C(F)(F)F)c2)C1. The molecule has 4 rings (SSSR count). The van der Waals surface area contributed by atoms with Gasteiger partial charge in [0.25, 0.3) is 0 Å². The second-order valence-corrected chi connectivity index (χ2v) is 7.60. The fourth-order valence-corrected chi connectivity index (χ4v) is 3.57. The summed E-state index contributed by atoms with van der Waals surface area (Å²) < 4.78 is 80.8. The Balaban J connectivity index is 1.60. The minimum Gasteiger partial charge on any atom is -0.377 e. The van der Waals surface area contributed by atoms with Crippen molar-refractivity contribution in [3.05, 3.63) is 82.9 Å². The average Bonchev–Trinajstić information content (AvgIpc) is 3.39. The summed E-state index contributed by atoms with van der Waals surface area (Å²) in [5, 5.41) is 5.65. The van der Waals surface area contributed by atoms with E-state index in [-0.39, 0.29) is 11.6 Å². The zero-order valence-electron chi connectivity index (χ0n) is 17.4. The number of anilines is 1. The van der Waals surface area contributed by atoms with E-state index in [0.717, 1.165) is 11.6 Å². The third kappa shape index (κ3) is 4.53. The van der Waals surface area contributed by atoms with Crippen molar-refractivity contribution in [2.45, 2.75) is 32.2 Å². The van der Waals surface area contributed by atoms with Crippen molar-refractivity contribution in [2.24, 2.45) is 0 Å². The molecule has 0 saturated carbocycles. The van der Waals surface area contributed by atoms with Gasteiger partial charge in [0.2, 0.25) is 0 Å². The minimum atomic E-state index is -4.96. The van der Waals surface area contributed by atoms with Crippen LogP contribution >= 0.6 is 0 Å². The van der Waals surface area contributed by atoms with Gasteiger partial charge in [-0.1, -0.05) is 12.1 Å². The zero-order valence-corrected chi connectivity index (χ0v) is 17.4. The number of aromatic nitrogens is 3. The van der Waals surface area contributed by atoms with E-state index >= 15 is 0 Å². The summed E-state index contributed by atoms with van der Waals surface area (Å²) in [6.45, 7) is 3.69. The highest BCUT2D eigenvalue weighted by Gasteiger charge is 2.39. The predicted octanol–water partition coefficient (Wildman–Crippen LogP) is 6.11. The lowest BCUT2D eigenvalue weighted by atomic mass is 9.98. The third-order valence-corrected chi connectivity index (χ3v) is 5.28. The normalized spacial score (nSPS) is 15.7. The van der Waals surface area contributed by atoms with Crippen molar-refractivity contribution in [3.63, 3.8) is 0 Å². The van der Waals surface area contributed by atoms with Gasteiger partial charge in [-0.15, -0.1) is 0 Å². The van der Waals surface area contributed by atoms with Crippen LogP contribution in [-0.4, -0.2) is 21.3 Å². The Morgan fingerprint density at radius 3 is 2.42 bits per heavy atom. The highest BCUT2D eigenvalue weighted by Crippen LogP contribution is 2.40. The summed E-state index contributed by atoms with van der Waals surface area (Å²) in [7, 11) is 0. The summed E-state index contributed by atoms with van der Waals surface area (Å²) in [4.78, 5) is 10.1. The smallest absolute Gasteiger partial charge is 0.377 e. The summed E-state index contributed by atoms with van der Waals surface area (Å²) in [6.07, 6.45) is -5.31. The second kappa shape index (κ2) is 8.13. The van der Waals surface area contributed by atoms with Crippen LogP contribution in [0.3, 0.4) is 0 Å². The van der Waals surface area contributed by atoms with Crippen molar-refractivity contribution in [3.8, 4) is 0 Å². The lowest BCUT2D eigenvalue weighted by Crippen LogP contribution is -2.19. The van der Waals surface area contributed by atoms with E-state index in [4.69, 9.17) is 4.84 Å². The minimum absolute atomic E-state index is 0.131. The molecule has 1 aliphatic heterocycles. The lowest BCUT2D eigenvalue weighted by Gasteiger charge is -2.21. The highest BCUT2D eigenvalue weighted by molar-refractivity contribution is 5.65. The quantitative estimate of drug-likeness (QED) is 0.434. The summed E-state index contributed by atoms with van der Waals surface area (Å²) in [6, 6.07) is 6.01. The lowest BCUT2D eigenvalue weighted by molar-refractivity contribution is -0.143. The maximum absolute atomic E-state index is 13.6. The van der Waals surface area contributed by atoms with Crippen LogP contribution in [0.5, 0.6) is 0 Å². The molecule has 5 nitrogen and oxygen atoms in total. The first-order valence-electron chi connectivity index (χ1n) is 9.84. The summed E-state index contributed by atoms with van der Waals surface area (Å²) >= 11 is 0. The molecule has 3 aromatic rings. The van der Waals surface area contributed by atoms with E-state index in [2.05, 4.69) is 10.1 Å². The molecule has 3 heterocycles. The number of hydroxylamine groups is 1. The van der Waals surface area contributed by atoms with E-state index in [1.54, 1.807) is 18.3 Å². The summed E-state index contributed by atoms with van der Waals surface area (Å²) in [5.41, 5.74) is -1.02. The Hall–Kier alpha value is -3.50. The molecule has 0 amide bonds. The fourth-order valence-electron chi connectivity index (χ4n) is 3.57. The molecule has 0 radical (unpaired) electrons. The van der Waals surface area contributed by atoms with Gasteiger partial charge in [0.15, 0.2) is 5.76 Å². The van der Waals surface area contributed by atoms with Gasteiger partial charge in [-0.3, -0.25) is 9.67 Å². The molecule has 0 saturated heterocycles. The first-order valence-corrected chi connectivity index (χ1v) is 9.84. The molecule has 0 spiro atoms. The van der Waals surface area contributed by atoms with Crippen LogP contribution in [0.1, 0.15) is 42.3 Å². The molecule has 0 bridgehead atoms. The topological polar surface area (TPSA) is 43.2 Å². The molecule has 174 valence electrons. The zero-order chi connectivity index (χ0) is 24.0. The molecule has 0 aliphatic carbocycles. The Morgan fingerprint density at radius 1 is 1.03 bits per heavy atom. The largest absolute Gasteiger partial charge is 0.416 e. The number of alkyl halides is 6. The van der Waals surface area contributed by atoms with Gasteiger partial charge in [0, 0.05) is 6.20 Å². The molecule has 0 N–H and O–H groups in total. The Kier molecular flexibility index (Phi) is 5.59. The number of halogens is 6. The van der Waals surface area contributed by atoms with Crippen LogP contribution in [0.25, 0.3) is 5.76 Å². The van der Waals surface area contributed by atoms with E-state index in [0.29, 0.717) is 29.8 Å². The number of nitrogens with zero attached hydrogens (tertiary/aromatic N) is 4. The molecule has 11 heteroatoms. The number of pyridine rings is 1. The van der Waals surface area contributed by atoms with Gasteiger partial charge in [-0.25, -0.2) is 5.06 Å². The van der Waals surface area contributed by atoms with E-state index < -0.39 is 29.5 Å². The van der Waals surface area contributed by atoms with Gasteiger partial charge in [-0.05, 0) is 49.2 Å². The molecule has 2 aromatic heterocycles. The molecule has 1 unspecified atom stereocenters. The second-order valence-electron chi connectivity index (χ2n) is 7.60. The van der Waals surface area contributed by atoms with Crippen LogP contribution < -0.4 is 5.06 Å². The standard InChI is InChI=1S/C22H18F6N4O/c1-13-11-32(33-20(13)19-5-3-4-8-29-19)16-10-30-31(12-16)14(2)17-7-6-15(21(23,24)25)9-18(17)22(26,27)28/h3-10,12,14H,11H2,1-2H3. The molecule has 1 aromatic carbocycles. The highest BCUT2D eigenvalue weighted by atomic mass is 19.4. The van der Waals surface area contributed by atoms with Gasteiger partial charge >= 0.3 is 12.4 Å². The Morgan fingerprint density at radius 2 is 1.79 bits per heavy atom. The van der Waals surface area contributed by atoms with E-state index in [9.17, 15) is 26.3 Å². The van der Waals surface area contributed by atoms with E-state index in [1.165, 1.54) is 29.1 Å². The number of hydrogen-bond acceptors (Lipinski definition) is 4.